The van der Waals surface area contributed by atoms with Crippen molar-refractivity contribution < 1.29 is 4.21 Å². The molecule has 0 amide bonds. The average Bonchev–Trinajstić information content (AvgIpc) is 1.85. The van der Waals surface area contributed by atoms with Crippen molar-refractivity contribution in [2.75, 3.05) is 18.1 Å². The van der Waals surface area contributed by atoms with Crippen molar-refractivity contribution in [1.82, 2.24) is 0 Å². The summed E-state index contributed by atoms with van der Waals surface area (Å²) >= 11 is 0. The SMILES string of the molecule is CC(C)=CCS(=O)CCN. The number of allylic oxidation sites excluding steroid dienone is 1. The average molecular weight is 161 g/mol. The third-order valence-electron chi connectivity index (χ3n) is 1.02. The molecule has 0 radical (unpaired) electrons. The normalized spacial score (nSPS) is 12.7. The van der Waals surface area contributed by atoms with Crippen LogP contribution >= 0.6 is 0 Å². The Kier molecular flexibility index (Phi) is 5.54. The predicted octanol–water partition coefficient (Wildman–Crippen LogP) is 0.660. The minimum atomic E-state index is -0.742. The molecule has 0 aromatic carbocycles. The van der Waals surface area contributed by atoms with E-state index < -0.39 is 10.8 Å². The van der Waals surface area contributed by atoms with Gasteiger partial charge in [0.05, 0.1) is 0 Å². The second-order valence-electron chi connectivity index (χ2n) is 2.38. The molecule has 0 aromatic rings. The molecule has 0 heterocycles. The van der Waals surface area contributed by atoms with Crippen LogP contribution in [-0.2, 0) is 10.8 Å². The molecule has 0 aromatic heterocycles. The second kappa shape index (κ2) is 5.62. The molecule has 0 saturated heterocycles. The lowest BCUT2D eigenvalue weighted by atomic mass is 10.3. The summed E-state index contributed by atoms with van der Waals surface area (Å²) in [5.74, 6) is 1.27. The van der Waals surface area contributed by atoms with Crippen LogP contribution in [0, 0.1) is 0 Å². The third-order valence-corrected chi connectivity index (χ3v) is 2.25. The highest BCUT2D eigenvalue weighted by molar-refractivity contribution is 7.85. The van der Waals surface area contributed by atoms with Gasteiger partial charge in [-0.2, -0.15) is 0 Å². The van der Waals surface area contributed by atoms with E-state index in [1.807, 2.05) is 19.9 Å². The largest absolute Gasteiger partial charge is 0.330 e. The highest BCUT2D eigenvalue weighted by Crippen LogP contribution is 1.90. The monoisotopic (exact) mass is 161 g/mol. The summed E-state index contributed by atoms with van der Waals surface area (Å²) in [5.41, 5.74) is 6.44. The Morgan fingerprint density at radius 1 is 1.60 bits per heavy atom. The maximum Gasteiger partial charge on any atom is 0.0418 e. The van der Waals surface area contributed by atoms with Crippen LogP contribution in [0.2, 0.25) is 0 Å². The van der Waals surface area contributed by atoms with Crippen molar-refractivity contribution in [3.63, 3.8) is 0 Å². The highest BCUT2D eigenvalue weighted by Gasteiger charge is 1.92. The summed E-state index contributed by atoms with van der Waals surface area (Å²) < 4.78 is 10.9. The van der Waals surface area contributed by atoms with Gasteiger partial charge in [0.1, 0.15) is 0 Å². The van der Waals surface area contributed by atoms with Crippen LogP contribution in [0.15, 0.2) is 11.6 Å². The maximum absolute atomic E-state index is 10.9. The van der Waals surface area contributed by atoms with E-state index in [0.717, 1.165) is 0 Å². The minimum Gasteiger partial charge on any atom is -0.330 e. The Labute approximate surface area is 65.0 Å². The van der Waals surface area contributed by atoms with E-state index in [-0.39, 0.29) is 0 Å². The number of hydrogen-bond acceptors (Lipinski definition) is 2. The van der Waals surface area contributed by atoms with E-state index in [0.29, 0.717) is 18.1 Å². The predicted molar refractivity (Wildman–Crippen MR) is 46.4 cm³/mol. The molecule has 0 aliphatic rings. The van der Waals surface area contributed by atoms with E-state index in [2.05, 4.69) is 0 Å². The molecule has 2 nitrogen and oxygen atoms in total. The fourth-order valence-corrected chi connectivity index (χ4v) is 1.42. The zero-order valence-electron chi connectivity index (χ0n) is 6.59. The van der Waals surface area contributed by atoms with Gasteiger partial charge >= 0.3 is 0 Å². The van der Waals surface area contributed by atoms with Gasteiger partial charge in [-0.25, -0.2) is 0 Å². The fraction of sp³-hybridized carbons (Fsp3) is 0.714. The van der Waals surface area contributed by atoms with Gasteiger partial charge in [0.25, 0.3) is 0 Å². The third kappa shape index (κ3) is 5.98. The van der Waals surface area contributed by atoms with Crippen LogP contribution in [0.5, 0.6) is 0 Å². The topological polar surface area (TPSA) is 43.1 Å². The van der Waals surface area contributed by atoms with Crippen LogP contribution in [0.4, 0.5) is 0 Å². The quantitative estimate of drug-likeness (QED) is 0.615. The lowest BCUT2D eigenvalue weighted by Crippen LogP contribution is -2.11. The molecule has 0 fully saturated rings. The summed E-state index contributed by atoms with van der Waals surface area (Å²) in [6.45, 7) is 4.52. The highest BCUT2D eigenvalue weighted by atomic mass is 32.2. The van der Waals surface area contributed by atoms with Crippen LogP contribution in [0.25, 0.3) is 0 Å². The number of hydrogen-bond donors (Lipinski definition) is 1. The van der Waals surface area contributed by atoms with E-state index >= 15 is 0 Å². The van der Waals surface area contributed by atoms with Crippen LogP contribution < -0.4 is 5.73 Å². The molecule has 10 heavy (non-hydrogen) atoms. The van der Waals surface area contributed by atoms with Gasteiger partial charge in [0.2, 0.25) is 0 Å². The Hall–Kier alpha value is -0.150. The van der Waals surface area contributed by atoms with Crippen molar-refractivity contribution in [3.05, 3.63) is 11.6 Å². The van der Waals surface area contributed by atoms with Gasteiger partial charge in [0, 0.05) is 28.9 Å². The zero-order valence-corrected chi connectivity index (χ0v) is 7.41. The Morgan fingerprint density at radius 3 is 2.60 bits per heavy atom. The first-order chi connectivity index (χ1) is 4.66. The summed E-state index contributed by atoms with van der Waals surface area (Å²) in [4.78, 5) is 0. The molecule has 1 unspecified atom stereocenters. The summed E-state index contributed by atoms with van der Waals surface area (Å²) in [7, 11) is -0.742. The van der Waals surface area contributed by atoms with E-state index in [9.17, 15) is 4.21 Å². The van der Waals surface area contributed by atoms with E-state index in [1.165, 1.54) is 5.57 Å². The van der Waals surface area contributed by atoms with Crippen molar-refractivity contribution in [2.45, 2.75) is 13.8 Å². The van der Waals surface area contributed by atoms with E-state index in [4.69, 9.17) is 5.73 Å². The first-order valence-electron chi connectivity index (χ1n) is 3.35. The molecule has 0 aliphatic carbocycles. The number of rotatable bonds is 4. The van der Waals surface area contributed by atoms with Crippen molar-refractivity contribution in [3.8, 4) is 0 Å². The Balaban J connectivity index is 3.49. The van der Waals surface area contributed by atoms with Gasteiger partial charge in [-0.05, 0) is 13.8 Å². The molecular weight excluding hydrogens is 146 g/mol. The number of nitrogens with two attached hydrogens (primary N) is 1. The standard InChI is InChI=1S/C7H15NOS/c1-7(2)3-5-10(9)6-4-8/h3H,4-6,8H2,1-2H3. The lowest BCUT2D eigenvalue weighted by molar-refractivity contribution is 0.684. The van der Waals surface area contributed by atoms with Gasteiger partial charge in [0.15, 0.2) is 0 Å². The Morgan fingerprint density at radius 2 is 2.20 bits per heavy atom. The molecular formula is C7H15NOS. The maximum atomic E-state index is 10.9. The molecule has 60 valence electrons. The van der Waals surface area contributed by atoms with Gasteiger partial charge in [-0.1, -0.05) is 11.6 Å². The first kappa shape index (κ1) is 9.85. The fourth-order valence-electron chi connectivity index (χ4n) is 0.474. The molecule has 0 rings (SSSR count). The van der Waals surface area contributed by atoms with Crippen LogP contribution in [0.3, 0.4) is 0 Å². The van der Waals surface area contributed by atoms with Gasteiger partial charge in [-0.15, -0.1) is 0 Å². The molecule has 0 saturated carbocycles. The zero-order chi connectivity index (χ0) is 7.98. The van der Waals surface area contributed by atoms with Crippen LogP contribution in [-0.4, -0.2) is 22.3 Å². The summed E-state index contributed by atoms with van der Waals surface area (Å²) in [6.07, 6.45) is 1.98. The molecule has 0 spiro atoms. The summed E-state index contributed by atoms with van der Waals surface area (Å²) in [5, 5.41) is 0. The van der Waals surface area contributed by atoms with Crippen LogP contribution in [0.1, 0.15) is 13.8 Å². The van der Waals surface area contributed by atoms with Crippen molar-refractivity contribution in [1.29, 1.82) is 0 Å². The molecule has 0 aliphatic heterocycles. The van der Waals surface area contributed by atoms with E-state index in [1.54, 1.807) is 0 Å². The minimum absolute atomic E-state index is 0.517. The summed E-state index contributed by atoms with van der Waals surface area (Å²) in [6, 6.07) is 0. The molecule has 0 bridgehead atoms. The first-order valence-corrected chi connectivity index (χ1v) is 4.84. The molecule has 3 heteroatoms. The second-order valence-corrected chi connectivity index (χ2v) is 4.00. The van der Waals surface area contributed by atoms with Gasteiger partial charge in [-0.3, -0.25) is 4.21 Å². The lowest BCUT2D eigenvalue weighted by Gasteiger charge is -1.94. The van der Waals surface area contributed by atoms with Gasteiger partial charge < -0.3 is 5.73 Å². The smallest absolute Gasteiger partial charge is 0.0418 e. The van der Waals surface area contributed by atoms with Crippen molar-refractivity contribution in [2.24, 2.45) is 5.73 Å². The molecule has 1 atom stereocenters. The van der Waals surface area contributed by atoms with Crippen molar-refractivity contribution >= 4 is 10.8 Å². The Bertz CT molecular complexity index is 139. The molecule has 2 N–H and O–H groups in total.